The molecule has 16 heavy (non-hydrogen) atoms. The number of rotatable bonds is 4. The average Bonchev–Trinajstić information content (AvgIpc) is 2.29. The van der Waals surface area contributed by atoms with Gasteiger partial charge in [-0.15, -0.1) is 0 Å². The van der Waals surface area contributed by atoms with Crippen LogP contribution < -0.4 is 5.32 Å². The lowest BCUT2D eigenvalue weighted by molar-refractivity contribution is 0.331. The zero-order valence-electron chi connectivity index (χ0n) is 9.50. The van der Waals surface area contributed by atoms with Gasteiger partial charge >= 0.3 is 0 Å². The van der Waals surface area contributed by atoms with Crippen molar-refractivity contribution in [1.82, 2.24) is 5.32 Å². The van der Waals surface area contributed by atoms with E-state index >= 15 is 0 Å². The molecule has 3 heteroatoms. The molecule has 0 amide bonds. The van der Waals surface area contributed by atoms with Gasteiger partial charge in [-0.25, -0.2) is 4.39 Å². The molecule has 0 unspecified atom stereocenters. The van der Waals surface area contributed by atoms with Gasteiger partial charge in [-0.1, -0.05) is 12.1 Å². The SMILES string of the molecule is C/C(=C\N/C=C(\C)c1ccc(F)cc1)CO. The Labute approximate surface area is 95.1 Å². The predicted octanol–water partition coefficient (Wildman–Crippen LogP) is 2.67. The second kappa shape index (κ2) is 6.08. The summed E-state index contributed by atoms with van der Waals surface area (Å²) in [5, 5.41) is 11.7. The first-order valence-corrected chi connectivity index (χ1v) is 5.08. The first-order chi connectivity index (χ1) is 7.63. The average molecular weight is 221 g/mol. The van der Waals surface area contributed by atoms with Crippen LogP contribution in [0.3, 0.4) is 0 Å². The van der Waals surface area contributed by atoms with Crippen LogP contribution in [-0.4, -0.2) is 11.7 Å². The first kappa shape index (κ1) is 12.5. The van der Waals surface area contributed by atoms with Gasteiger partial charge < -0.3 is 10.4 Å². The number of nitrogens with one attached hydrogen (secondary N) is 1. The van der Waals surface area contributed by atoms with Crippen molar-refractivity contribution < 1.29 is 9.50 Å². The molecule has 0 atom stereocenters. The van der Waals surface area contributed by atoms with E-state index in [9.17, 15) is 4.39 Å². The predicted molar refractivity (Wildman–Crippen MR) is 64.0 cm³/mol. The maximum atomic E-state index is 12.7. The van der Waals surface area contributed by atoms with Crippen molar-refractivity contribution >= 4 is 5.57 Å². The van der Waals surface area contributed by atoms with Gasteiger partial charge in [0.1, 0.15) is 5.82 Å². The van der Waals surface area contributed by atoms with Crippen LogP contribution in [-0.2, 0) is 0 Å². The summed E-state index contributed by atoms with van der Waals surface area (Å²) >= 11 is 0. The molecule has 0 radical (unpaired) electrons. The highest BCUT2D eigenvalue weighted by molar-refractivity contribution is 5.63. The van der Waals surface area contributed by atoms with Gasteiger partial charge in [0.25, 0.3) is 0 Å². The molecule has 0 heterocycles. The van der Waals surface area contributed by atoms with Crippen molar-refractivity contribution in [2.75, 3.05) is 6.61 Å². The molecule has 0 bridgehead atoms. The van der Waals surface area contributed by atoms with Crippen LogP contribution in [0.2, 0.25) is 0 Å². The normalized spacial score (nSPS) is 12.8. The smallest absolute Gasteiger partial charge is 0.123 e. The Balaban J connectivity index is 2.67. The maximum absolute atomic E-state index is 12.7. The molecule has 86 valence electrons. The first-order valence-electron chi connectivity index (χ1n) is 5.08. The third-order valence-electron chi connectivity index (χ3n) is 2.18. The molecular formula is C13H16FNO. The minimum atomic E-state index is -0.236. The Kier molecular flexibility index (Phi) is 4.73. The number of aliphatic hydroxyl groups excluding tert-OH is 1. The summed E-state index contributed by atoms with van der Waals surface area (Å²) in [5.41, 5.74) is 2.81. The van der Waals surface area contributed by atoms with Crippen LogP contribution in [0, 0.1) is 5.82 Å². The van der Waals surface area contributed by atoms with Crippen LogP contribution in [0.15, 0.2) is 42.2 Å². The minimum absolute atomic E-state index is 0.0381. The molecule has 2 nitrogen and oxygen atoms in total. The van der Waals surface area contributed by atoms with Gasteiger partial charge in [0.05, 0.1) is 6.61 Å². The zero-order valence-corrected chi connectivity index (χ0v) is 9.50. The van der Waals surface area contributed by atoms with Crippen LogP contribution in [0.1, 0.15) is 19.4 Å². The standard InChI is InChI=1S/C13H16FNO/c1-10(9-16)7-15-8-11(2)12-3-5-13(14)6-4-12/h3-8,15-16H,9H2,1-2H3/b10-7+,11-8+. The van der Waals surface area contributed by atoms with E-state index in [1.165, 1.54) is 12.1 Å². The molecule has 0 aliphatic carbocycles. The second-order valence-corrected chi connectivity index (χ2v) is 3.65. The molecular weight excluding hydrogens is 205 g/mol. The van der Waals surface area contributed by atoms with E-state index in [-0.39, 0.29) is 12.4 Å². The molecule has 2 N–H and O–H groups in total. The Morgan fingerprint density at radius 1 is 1.25 bits per heavy atom. The van der Waals surface area contributed by atoms with Crippen molar-refractivity contribution in [3.05, 3.63) is 53.6 Å². The summed E-state index contributed by atoms with van der Waals surface area (Å²) < 4.78 is 12.7. The zero-order chi connectivity index (χ0) is 12.0. The molecule has 1 aromatic rings. The fourth-order valence-corrected chi connectivity index (χ4v) is 1.15. The van der Waals surface area contributed by atoms with Crippen LogP contribution >= 0.6 is 0 Å². The Bertz CT molecular complexity index is 393. The molecule has 0 spiro atoms. The maximum Gasteiger partial charge on any atom is 0.123 e. The molecule has 0 aliphatic rings. The molecule has 1 rings (SSSR count). The van der Waals surface area contributed by atoms with Crippen LogP contribution in [0.25, 0.3) is 5.57 Å². The molecule has 0 saturated carbocycles. The second-order valence-electron chi connectivity index (χ2n) is 3.65. The van der Waals surface area contributed by atoms with E-state index in [0.717, 1.165) is 16.7 Å². The van der Waals surface area contributed by atoms with Crippen molar-refractivity contribution in [3.8, 4) is 0 Å². The summed E-state index contributed by atoms with van der Waals surface area (Å²) in [4.78, 5) is 0. The van der Waals surface area contributed by atoms with E-state index in [4.69, 9.17) is 5.11 Å². The summed E-state index contributed by atoms with van der Waals surface area (Å²) in [5.74, 6) is -0.236. The van der Waals surface area contributed by atoms with Crippen molar-refractivity contribution in [2.24, 2.45) is 0 Å². The third-order valence-corrected chi connectivity index (χ3v) is 2.18. The highest BCUT2D eigenvalue weighted by Crippen LogP contribution is 2.12. The van der Waals surface area contributed by atoms with E-state index in [2.05, 4.69) is 5.32 Å². The van der Waals surface area contributed by atoms with E-state index in [1.807, 2.05) is 20.0 Å². The largest absolute Gasteiger partial charge is 0.392 e. The Morgan fingerprint density at radius 3 is 2.44 bits per heavy atom. The minimum Gasteiger partial charge on any atom is -0.392 e. The lowest BCUT2D eigenvalue weighted by atomic mass is 10.1. The van der Waals surface area contributed by atoms with Crippen LogP contribution in [0.5, 0.6) is 0 Å². The number of halogens is 1. The monoisotopic (exact) mass is 221 g/mol. The molecule has 0 saturated heterocycles. The van der Waals surface area contributed by atoms with E-state index in [0.29, 0.717) is 0 Å². The van der Waals surface area contributed by atoms with Crippen molar-refractivity contribution in [1.29, 1.82) is 0 Å². The van der Waals surface area contributed by atoms with E-state index < -0.39 is 0 Å². The summed E-state index contributed by atoms with van der Waals surface area (Å²) in [6.07, 6.45) is 3.54. The molecule has 0 fully saturated rings. The van der Waals surface area contributed by atoms with Gasteiger partial charge in [-0.2, -0.15) is 0 Å². The van der Waals surface area contributed by atoms with Gasteiger partial charge in [0.15, 0.2) is 0 Å². The number of benzene rings is 1. The van der Waals surface area contributed by atoms with Crippen molar-refractivity contribution in [2.45, 2.75) is 13.8 Å². The summed E-state index contributed by atoms with van der Waals surface area (Å²) in [7, 11) is 0. The van der Waals surface area contributed by atoms with Gasteiger partial charge in [-0.05, 0) is 42.7 Å². The summed E-state index contributed by atoms with van der Waals surface area (Å²) in [6.45, 7) is 3.80. The Morgan fingerprint density at radius 2 is 1.88 bits per heavy atom. The molecule has 1 aromatic carbocycles. The van der Waals surface area contributed by atoms with E-state index in [1.54, 1.807) is 18.3 Å². The third kappa shape index (κ3) is 3.87. The molecule has 0 aliphatic heterocycles. The number of hydrogen-bond donors (Lipinski definition) is 2. The topological polar surface area (TPSA) is 32.3 Å². The highest BCUT2D eigenvalue weighted by atomic mass is 19.1. The number of allylic oxidation sites excluding steroid dienone is 1. The Hall–Kier alpha value is -1.61. The van der Waals surface area contributed by atoms with Crippen LogP contribution in [0.4, 0.5) is 4.39 Å². The van der Waals surface area contributed by atoms with Crippen molar-refractivity contribution in [3.63, 3.8) is 0 Å². The lowest BCUT2D eigenvalue weighted by Crippen LogP contribution is -1.98. The van der Waals surface area contributed by atoms with Gasteiger partial charge in [-0.3, -0.25) is 0 Å². The van der Waals surface area contributed by atoms with Gasteiger partial charge in [0, 0.05) is 12.4 Å². The van der Waals surface area contributed by atoms with Gasteiger partial charge in [0.2, 0.25) is 0 Å². The lowest BCUT2D eigenvalue weighted by Gasteiger charge is -2.02. The fraction of sp³-hybridized carbons (Fsp3) is 0.231. The number of hydrogen-bond acceptors (Lipinski definition) is 2. The quantitative estimate of drug-likeness (QED) is 0.819. The highest BCUT2D eigenvalue weighted by Gasteiger charge is 1.95. The molecule has 0 aromatic heterocycles. The fourth-order valence-electron chi connectivity index (χ4n) is 1.15. The summed E-state index contributed by atoms with van der Waals surface area (Å²) in [6, 6.07) is 6.32. The number of aliphatic hydroxyl groups is 1.